The van der Waals surface area contributed by atoms with Crippen LogP contribution in [0.3, 0.4) is 0 Å². The predicted molar refractivity (Wildman–Crippen MR) is 136 cm³/mol. The Kier molecular flexibility index (Phi) is 7.16. The first-order valence-corrected chi connectivity index (χ1v) is 12.4. The van der Waals surface area contributed by atoms with Crippen LogP contribution in [0.5, 0.6) is 0 Å². The van der Waals surface area contributed by atoms with E-state index in [9.17, 15) is 18.0 Å². The van der Waals surface area contributed by atoms with E-state index in [-0.39, 0.29) is 42.7 Å². The number of hydrogen-bond donors (Lipinski definition) is 3. The third-order valence-corrected chi connectivity index (χ3v) is 7.14. The quantitative estimate of drug-likeness (QED) is 0.437. The second-order valence-corrected chi connectivity index (χ2v) is 9.90. The minimum atomic E-state index is -4.37. The van der Waals surface area contributed by atoms with Gasteiger partial charge in [0.25, 0.3) is 5.91 Å². The first kappa shape index (κ1) is 26.2. The summed E-state index contributed by atoms with van der Waals surface area (Å²) >= 11 is 0. The standard InChI is InChI=1S/C25H30F3N7O3/c1-37-17-3-5-34(13-17)10-14-6-20-22(32-8-14)21(23(30)38-20)24(36)33-18-9-31-4-2-19(18)35-11-15(25(26,27)28)7-16(29)12-35/h2,4,6,8-9,15-17H,3,5,7,10-13,29-30H2,1H3,(H,33,36)/t15-,16+,17?/m1/s1. The number of nitrogens with two attached hydrogens (primary N) is 2. The summed E-state index contributed by atoms with van der Waals surface area (Å²) in [5, 5.41) is 2.73. The van der Waals surface area contributed by atoms with Crippen molar-refractivity contribution >= 4 is 34.3 Å². The largest absolute Gasteiger partial charge is 0.438 e. The van der Waals surface area contributed by atoms with Gasteiger partial charge in [-0.2, -0.15) is 13.2 Å². The van der Waals surface area contributed by atoms with Gasteiger partial charge in [-0.05, 0) is 30.5 Å². The van der Waals surface area contributed by atoms with Gasteiger partial charge in [0.05, 0.1) is 29.6 Å². The number of hydrogen-bond acceptors (Lipinski definition) is 9. The predicted octanol–water partition coefficient (Wildman–Crippen LogP) is 2.99. The lowest BCUT2D eigenvalue weighted by molar-refractivity contribution is -0.177. The van der Waals surface area contributed by atoms with Crippen LogP contribution in [0.1, 0.15) is 28.8 Å². The molecule has 1 amide bonds. The van der Waals surface area contributed by atoms with E-state index in [1.54, 1.807) is 25.4 Å². The summed E-state index contributed by atoms with van der Waals surface area (Å²) in [6.45, 7) is 2.32. The van der Waals surface area contributed by atoms with Crippen molar-refractivity contribution in [2.24, 2.45) is 11.7 Å². The molecular formula is C25H30F3N7O3. The number of nitrogen functional groups attached to an aromatic ring is 1. The molecule has 5 N–H and O–H groups in total. The van der Waals surface area contributed by atoms with Crippen LogP contribution in [0.4, 0.5) is 30.4 Å². The number of nitrogens with one attached hydrogen (secondary N) is 1. The number of carbonyl (C=O) groups is 1. The minimum Gasteiger partial charge on any atom is -0.438 e. The van der Waals surface area contributed by atoms with Gasteiger partial charge in [-0.1, -0.05) is 0 Å². The first-order valence-electron chi connectivity index (χ1n) is 12.4. The molecule has 1 unspecified atom stereocenters. The zero-order valence-corrected chi connectivity index (χ0v) is 20.9. The molecule has 0 saturated carbocycles. The van der Waals surface area contributed by atoms with E-state index in [0.717, 1.165) is 25.1 Å². The number of fused-ring (bicyclic) bond motifs is 1. The summed E-state index contributed by atoms with van der Waals surface area (Å²) < 4.78 is 51.5. The van der Waals surface area contributed by atoms with Gasteiger partial charge < -0.3 is 30.8 Å². The molecule has 2 fully saturated rings. The third-order valence-electron chi connectivity index (χ3n) is 7.14. The Morgan fingerprint density at radius 2 is 2.11 bits per heavy atom. The van der Waals surface area contributed by atoms with Crippen molar-refractivity contribution in [3.63, 3.8) is 0 Å². The van der Waals surface area contributed by atoms with Crippen molar-refractivity contribution < 1.29 is 27.1 Å². The number of pyridine rings is 2. The topological polar surface area (TPSA) is 136 Å². The average molecular weight is 534 g/mol. The molecule has 3 atom stereocenters. The fourth-order valence-corrected chi connectivity index (χ4v) is 5.25. The number of halogens is 3. The summed E-state index contributed by atoms with van der Waals surface area (Å²) in [7, 11) is 1.70. The highest BCUT2D eigenvalue weighted by molar-refractivity contribution is 6.15. The SMILES string of the molecule is COC1CCN(Cc2cnc3c(C(=O)Nc4cnccc4N4C[C@@H](N)C[C@@H](C(F)(F)F)C4)c(N)oc3c2)C1. The number of anilines is 3. The first-order chi connectivity index (χ1) is 18.1. The number of likely N-dealkylation sites (tertiary alicyclic amines) is 1. The number of carbonyl (C=O) groups excluding carboxylic acids is 1. The molecule has 0 aliphatic carbocycles. The van der Waals surface area contributed by atoms with Crippen LogP contribution in [-0.2, 0) is 11.3 Å². The Balaban J connectivity index is 1.36. The molecular weight excluding hydrogens is 503 g/mol. The summed E-state index contributed by atoms with van der Waals surface area (Å²) in [6, 6.07) is 2.69. The maximum absolute atomic E-state index is 13.5. The number of methoxy groups -OCH3 is 1. The van der Waals surface area contributed by atoms with E-state index >= 15 is 0 Å². The van der Waals surface area contributed by atoms with Gasteiger partial charge in [0.1, 0.15) is 11.1 Å². The van der Waals surface area contributed by atoms with Crippen molar-refractivity contribution in [1.29, 1.82) is 0 Å². The summed E-state index contributed by atoms with van der Waals surface area (Å²) in [6.07, 6.45) is 1.15. The van der Waals surface area contributed by atoms with Gasteiger partial charge >= 0.3 is 6.18 Å². The van der Waals surface area contributed by atoms with Crippen LogP contribution in [0, 0.1) is 5.92 Å². The van der Waals surface area contributed by atoms with E-state index in [1.165, 1.54) is 17.3 Å². The van der Waals surface area contributed by atoms with Crippen molar-refractivity contribution in [1.82, 2.24) is 14.9 Å². The normalized spacial score (nSPS) is 22.8. The van der Waals surface area contributed by atoms with Crippen LogP contribution < -0.4 is 21.7 Å². The summed E-state index contributed by atoms with van der Waals surface area (Å²) in [5.74, 6) is -2.28. The van der Waals surface area contributed by atoms with Crippen molar-refractivity contribution in [2.45, 2.75) is 37.7 Å². The molecule has 3 aromatic heterocycles. The summed E-state index contributed by atoms with van der Waals surface area (Å²) in [4.78, 5) is 25.6. The molecule has 38 heavy (non-hydrogen) atoms. The average Bonchev–Trinajstić information content (AvgIpc) is 3.46. The van der Waals surface area contributed by atoms with Crippen LogP contribution in [0.15, 0.2) is 35.1 Å². The highest BCUT2D eigenvalue weighted by Gasteiger charge is 2.44. The fraction of sp³-hybridized carbons (Fsp3) is 0.480. The number of rotatable bonds is 6. The Morgan fingerprint density at radius 1 is 1.29 bits per heavy atom. The molecule has 10 nitrogen and oxygen atoms in total. The lowest BCUT2D eigenvalue weighted by atomic mass is 9.93. The molecule has 0 radical (unpaired) electrons. The van der Waals surface area contributed by atoms with Gasteiger partial charge in [-0.25, -0.2) is 0 Å². The smallest absolute Gasteiger partial charge is 0.393 e. The molecule has 0 aromatic carbocycles. The Labute approximate surface area is 217 Å². The molecule has 2 aliphatic rings. The molecule has 5 heterocycles. The molecule has 3 aromatic rings. The second-order valence-electron chi connectivity index (χ2n) is 9.90. The Morgan fingerprint density at radius 3 is 2.84 bits per heavy atom. The van der Waals surface area contributed by atoms with Crippen LogP contribution in [-0.4, -0.2) is 72.4 Å². The van der Waals surface area contributed by atoms with Crippen molar-refractivity contribution in [3.05, 3.63) is 41.9 Å². The number of alkyl halides is 3. The summed E-state index contributed by atoms with van der Waals surface area (Å²) in [5.41, 5.74) is 14.2. The number of piperidine rings is 1. The van der Waals surface area contributed by atoms with Gasteiger partial charge in [0.15, 0.2) is 5.58 Å². The Hall–Kier alpha value is -3.42. The third kappa shape index (κ3) is 5.40. The maximum Gasteiger partial charge on any atom is 0.393 e. The number of nitrogens with zero attached hydrogens (tertiary/aromatic N) is 4. The molecule has 5 rings (SSSR count). The minimum absolute atomic E-state index is 0.0467. The maximum atomic E-state index is 13.5. The molecule has 2 aliphatic heterocycles. The van der Waals surface area contributed by atoms with E-state index in [2.05, 4.69) is 20.2 Å². The van der Waals surface area contributed by atoms with Gasteiger partial charge in [0.2, 0.25) is 5.88 Å². The highest BCUT2D eigenvalue weighted by atomic mass is 19.4. The van der Waals surface area contributed by atoms with Gasteiger partial charge in [0, 0.05) is 58.3 Å². The number of furan rings is 1. The molecule has 204 valence electrons. The van der Waals surface area contributed by atoms with Crippen LogP contribution in [0.25, 0.3) is 11.1 Å². The van der Waals surface area contributed by atoms with Crippen LogP contribution >= 0.6 is 0 Å². The number of ether oxygens (including phenoxy) is 1. The zero-order valence-electron chi connectivity index (χ0n) is 20.9. The van der Waals surface area contributed by atoms with Crippen molar-refractivity contribution in [2.75, 3.05) is 49.2 Å². The van der Waals surface area contributed by atoms with E-state index in [1.807, 2.05) is 0 Å². The van der Waals surface area contributed by atoms with Gasteiger partial charge in [-0.3, -0.25) is 19.7 Å². The van der Waals surface area contributed by atoms with E-state index in [4.69, 9.17) is 20.6 Å². The molecule has 2 saturated heterocycles. The molecule has 0 spiro atoms. The molecule has 13 heteroatoms. The van der Waals surface area contributed by atoms with Crippen LogP contribution in [0.2, 0.25) is 0 Å². The number of amides is 1. The fourth-order valence-electron chi connectivity index (χ4n) is 5.25. The Bertz CT molecular complexity index is 1320. The molecule has 0 bridgehead atoms. The second kappa shape index (κ2) is 10.4. The monoisotopic (exact) mass is 533 g/mol. The van der Waals surface area contributed by atoms with E-state index < -0.39 is 24.0 Å². The van der Waals surface area contributed by atoms with Gasteiger partial charge in [-0.15, -0.1) is 0 Å². The number of aromatic nitrogens is 2. The lowest BCUT2D eigenvalue weighted by Crippen LogP contribution is -2.51. The van der Waals surface area contributed by atoms with Crippen molar-refractivity contribution in [3.8, 4) is 0 Å². The zero-order chi connectivity index (χ0) is 27.0. The van der Waals surface area contributed by atoms with E-state index in [0.29, 0.717) is 23.3 Å². The lowest BCUT2D eigenvalue weighted by Gasteiger charge is -2.39. The highest BCUT2D eigenvalue weighted by Crippen LogP contribution is 2.37.